The van der Waals surface area contributed by atoms with Crippen LogP contribution in [-0.2, 0) is 12.8 Å². The van der Waals surface area contributed by atoms with Gasteiger partial charge in [-0.1, -0.05) is 13.8 Å². The van der Waals surface area contributed by atoms with Crippen LogP contribution >= 0.6 is 11.6 Å². The molecule has 17 heavy (non-hydrogen) atoms. The van der Waals surface area contributed by atoms with Crippen LogP contribution in [0.15, 0.2) is 6.33 Å². The molecule has 0 spiro atoms. The van der Waals surface area contributed by atoms with E-state index in [9.17, 15) is 0 Å². The number of rotatable bonds is 5. The summed E-state index contributed by atoms with van der Waals surface area (Å²) >= 11 is 6.01. The lowest BCUT2D eigenvalue weighted by Gasteiger charge is -2.20. The molecule has 94 valence electrons. The molecule has 0 saturated heterocycles. The first-order valence-electron chi connectivity index (χ1n) is 6.36. The minimum Gasteiger partial charge on any atom is -0.366 e. The van der Waals surface area contributed by atoms with Gasteiger partial charge in [0.2, 0.25) is 0 Å². The van der Waals surface area contributed by atoms with Crippen LogP contribution in [0.4, 0.5) is 5.82 Å². The van der Waals surface area contributed by atoms with Crippen LogP contribution in [0, 0.1) is 5.92 Å². The average molecular weight is 254 g/mol. The fraction of sp³-hybridized carbons (Fsp3) is 0.692. The predicted molar refractivity (Wildman–Crippen MR) is 71.6 cm³/mol. The smallest absolute Gasteiger partial charge is 0.133 e. The summed E-state index contributed by atoms with van der Waals surface area (Å²) in [7, 11) is 0. The van der Waals surface area contributed by atoms with Crippen molar-refractivity contribution in [2.75, 3.05) is 11.2 Å². The van der Waals surface area contributed by atoms with Gasteiger partial charge in [0.05, 0.1) is 0 Å². The molecule has 0 bridgehead atoms. The van der Waals surface area contributed by atoms with Gasteiger partial charge in [0, 0.05) is 23.2 Å². The van der Waals surface area contributed by atoms with Crippen LogP contribution in [0.3, 0.4) is 0 Å². The zero-order chi connectivity index (χ0) is 12.3. The SMILES string of the molecule is CC(C)CC(CCl)Nc1ncnc2c1CCC2. The van der Waals surface area contributed by atoms with Gasteiger partial charge in [0.1, 0.15) is 12.1 Å². The van der Waals surface area contributed by atoms with Gasteiger partial charge in [-0.15, -0.1) is 11.6 Å². The molecule has 1 heterocycles. The summed E-state index contributed by atoms with van der Waals surface area (Å²) in [5.41, 5.74) is 2.51. The monoisotopic (exact) mass is 253 g/mol. The second-order valence-electron chi connectivity index (χ2n) is 5.13. The molecular weight excluding hydrogens is 234 g/mol. The Morgan fingerprint density at radius 3 is 2.88 bits per heavy atom. The van der Waals surface area contributed by atoms with Gasteiger partial charge < -0.3 is 5.32 Å². The zero-order valence-electron chi connectivity index (χ0n) is 10.5. The molecule has 1 aliphatic rings. The van der Waals surface area contributed by atoms with E-state index in [-0.39, 0.29) is 0 Å². The molecule has 1 aromatic rings. The van der Waals surface area contributed by atoms with E-state index >= 15 is 0 Å². The number of anilines is 1. The van der Waals surface area contributed by atoms with E-state index in [2.05, 4.69) is 29.1 Å². The Kier molecular flexibility index (Phi) is 4.21. The summed E-state index contributed by atoms with van der Waals surface area (Å²) < 4.78 is 0. The van der Waals surface area contributed by atoms with Crippen LogP contribution in [0.1, 0.15) is 37.9 Å². The Morgan fingerprint density at radius 2 is 2.18 bits per heavy atom. The molecule has 0 amide bonds. The second-order valence-corrected chi connectivity index (χ2v) is 5.43. The minimum absolute atomic E-state index is 0.302. The Bertz CT molecular complexity index is 379. The predicted octanol–water partition coefficient (Wildman–Crippen LogP) is 3.03. The fourth-order valence-electron chi connectivity index (χ4n) is 2.41. The van der Waals surface area contributed by atoms with Crippen molar-refractivity contribution in [1.29, 1.82) is 0 Å². The highest BCUT2D eigenvalue weighted by Crippen LogP contribution is 2.26. The van der Waals surface area contributed by atoms with Crippen LogP contribution in [0.5, 0.6) is 0 Å². The standard InChI is InChI=1S/C13H20ClN3/c1-9(2)6-10(7-14)17-13-11-4-3-5-12(11)15-8-16-13/h8-10H,3-7H2,1-2H3,(H,15,16,17). The number of aryl methyl sites for hydroxylation is 1. The summed E-state index contributed by atoms with van der Waals surface area (Å²) in [6.07, 6.45) is 6.10. The van der Waals surface area contributed by atoms with Crippen molar-refractivity contribution in [3.05, 3.63) is 17.6 Å². The number of hydrogen-bond acceptors (Lipinski definition) is 3. The molecule has 0 radical (unpaired) electrons. The Balaban J connectivity index is 2.10. The number of fused-ring (bicyclic) bond motifs is 1. The summed E-state index contributed by atoms with van der Waals surface area (Å²) in [5.74, 6) is 2.26. The van der Waals surface area contributed by atoms with Gasteiger partial charge >= 0.3 is 0 Å². The number of nitrogens with zero attached hydrogens (tertiary/aromatic N) is 2. The highest BCUT2D eigenvalue weighted by molar-refractivity contribution is 6.18. The van der Waals surface area contributed by atoms with Crippen LogP contribution in [0.25, 0.3) is 0 Å². The number of hydrogen-bond donors (Lipinski definition) is 1. The van der Waals surface area contributed by atoms with E-state index in [0.717, 1.165) is 25.1 Å². The third kappa shape index (κ3) is 3.09. The topological polar surface area (TPSA) is 37.8 Å². The number of aromatic nitrogens is 2. The maximum absolute atomic E-state index is 6.01. The Morgan fingerprint density at radius 1 is 1.35 bits per heavy atom. The lowest BCUT2D eigenvalue weighted by atomic mass is 10.0. The fourth-order valence-corrected chi connectivity index (χ4v) is 2.61. The van der Waals surface area contributed by atoms with Gasteiger partial charge in [-0.2, -0.15) is 0 Å². The van der Waals surface area contributed by atoms with Gasteiger partial charge in [-0.25, -0.2) is 9.97 Å². The molecule has 1 aromatic heterocycles. The molecule has 4 heteroatoms. The summed E-state index contributed by atoms with van der Waals surface area (Å²) in [4.78, 5) is 8.69. The highest BCUT2D eigenvalue weighted by atomic mass is 35.5. The van der Waals surface area contributed by atoms with Crippen molar-refractivity contribution in [1.82, 2.24) is 9.97 Å². The highest BCUT2D eigenvalue weighted by Gasteiger charge is 2.19. The maximum Gasteiger partial charge on any atom is 0.133 e. The second kappa shape index (κ2) is 5.67. The first kappa shape index (κ1) is 12.6. The van der Waals surface area contributed by atoms with Crippen molar-refractivity contribution < 1.29 is 0 Å². The third-order valence-corrected chi connectivity index (χ3v) is 3.53. The molecule has 1 aliphatic carbocycles. The molecular formula is C13H20ClN3. The van der Waals surface area contributed by atoms with Crippen LogP contribution in [-0.4, -0.2) is 21.9 Å². The van der Waals surface area contributed by atoms with Gasteiger partial charge in [0.15, 0.2) is 0 Å². The van der Waals surface area contributed by atoms with Gasteiger partial charge in [-0.05, 0) is 31.6 Å². The van der Waals surface area contributed by atoms with E-state index in [1.54, 1.807) is 6.33 Å². The molecule has 0 aliphatic heterocycles. The number of halogens is 1. The van der Waals surface area contributed by atoms with E-state index in [0.29, 0.717) is 17.8 Å². The van der Waals surface area contributed by atoms with Crippen molar-refractivity contribution in [3.8, 4) is 0 Å². The van der Waals surface area contributed by atoms with Crippen molar-refractivity contribution in [2.45, 2.75) is 45.6 Å². The van der Waals surface area contributed by atoms with Crippen molar-refractivity contribution in [2.24, 2.45) is 5.92 Å². The minimum atomic E-state index is 0.302. The largest absolute Gasteiger partial charge is 0.366 e. The number of nitrogens with one attached hydrogen (secondary N) is 1. The molecule has 2 rings (SSSR count). The van der Waals surface area contributed by atoms with Crippen LogP contribution < -0.4 is 5.32 Å². The molecule has 1 N–H and O–H groups in total. The Labute approximate surface area is 108 Å². The first-order chi connectivity index (χ1) is 8.20. The van der Waals surface area contributed by atoms with E-state index in [4.69, 9.17) is 11.6 Å². The molecule has 1 unspecified atom stereocenters. The lowest BCUT2D eigenvalue weighted by molar-refractivity contribution is 0.541. The molecule has 3 nitrogen and oxygen atoms in total. The zero-order valence-corrected chi connectivity index (χ0v) is 11.3. The number of alkyl halides is 1. The molecule has 0 saturated carbocycles. The van der Waals surface area contributed by atoms with Crippen molar-refractivity contribution >= 4 is 17.4 Å². The van der Waals surface area contributed by atoms with Crippen LogP contribution in [0.2, 0.25) is 0 Å². The van der Waals surface area contributed by atoms with Gasteiger partial charge in [0.25, 0.3) is 0 Å². The maximum atomic E-state index is 6.01. The van der Waals surface area contributed by atoms with Gasteiger partial charge in [-0.3, -0.25) is 0 Å². The third-order valence-electron chi connectivity index (χ3n) is 3.16. The summed E-state index contributed by atoms with van der Waals surface area (Å²) in [6.45, 7) is 4.43. The normalized spacial score (nSPS) is 16.0. The molecule has 0 aromatic carbocycles. The summed E-state index contributed by atoms with van der Waals surface area (Å²) in [5, 5.41) is 3.48. The lowest BCUT2D eigenvalue weighted by Crippen LogP contribution is -2.24. The average Bonchev–Trinajstić information content (AvgIpc) is 2.76. The molecule has 0 fully saturated rings. The van der Waals surface area contributed by atoms with E-state index < -0.39 is 0 Å². The summed E-state index contributed by atoms with van der Waals surface area (Å²) in [6, 6.07) is 0.302. The van der Waals surface area contributed by atoms with Crippen molar-refractivity contribution in [3.63, 3.8) is 0 Å². The molecule has 1 atom stereocenters. The Hall–Kier alpha value is -0.830. The van der Waals surface area contributed by atoms with E-state index in [1.807, 2.05) is 0 Å². The van der Waals surface area contributed by atoms with E-state index in [1.165, 1.54) is 17.7 Å². The quantitative estimate of drug-likeness (QED) is 0.820. The first-order valence-corrected chi connectivity index (χ1v) is 6.89.